The van der Waals surface area contributed by atoms with Crippen LogP contribution in [0.15, 0.2) is 5.51 Å². The lowest BCUT2D eigenvalue weighted by Crippen LogP contribution is -2.46. The summed E-state index contributed by atoms with van der Waals surface area (Å²) in [7, 11) is 2.10. The zero-order valence-electron chi connectivity index (χ0n) is 10.5. The molecular weight excluding hydrogens is 302 g/mol. The third kappa shape index (κ3) is 4.68. The van der Waals surface area contributed by atoms with Gasteiger partial charge in [0.15, 0.2) is 0 Å². The number of rotatable bonds is 3. The van der Waals surface area contributed by atoms with E-state index in [0.717, 1.165) is 30.5 Å². The van der Waals surface area contributed by atoms with E-state index in [0.29, 0.717) is 10.9 Å². The smallest absolute Gasteiger partial charge is 0.236 e. The van der Waals surface area contributed by atoms with Crippen LogP contribution in [0.25, 0.3) is 0 Å². The van der Waals surface area contributed by atoms with Crippen molar-refractivity contribution in [2.24, 2.45) is 0 Å². The van der Waals surface area contributed by atoms with E-state index in [1.54, 1.807) is 5.51 Å². The van der Waals surface area contributed by atoms with Crippen LogP contribution in [0.5, 0.6) is 0 Å². The van der Waals surface area contributed by atoms with Gasteiger partial charge in [0, 0.05) is 26.2 Å². The van der Waals surface area contributed by atoms with Crippen molar-refractivity contribution in [3.63, 3.8) is 0 Å². The maximum absolute atomic E-state index is 11.7. The van der Waals surface area contributed by atoms with Crippen molar-refractivity contribution in [1.29, 1.82) is 0 Å². The van der Waals surface area contributed by atoms with Crippen LogP contribution in [0, 0.1) is 0 Å². The Balaban J connectivity index is 1.70. The first-order valence-corrected chi connectivity index (χ1v) is 8.09. The van der Waals surface area contributed by atoms with Crippen molar-refractivity contribution in [1.82, 2.24) is 20.0 Å². The summed E-state index contributed by atoms with van der Waals surface area (Å²) < 4.78 is 0.792. The molecule has 2 heterocycles. The van der Waals surface area contributed by atoms with Gasteiger partial charge in [-0.05, 0) is 7.05 Å². The van der Waals surface area contributed by atoms with Crippen LogP contribution in [0.2, 0.25) is 0 Å². The molecular formula is C10H15N5OS3. The van der Waals surface area contributed by atoms with Crippen molar-refractivity contribution in [3.8, 4) is 0 Å². The molecule has 0 aromatic carbocycles. The summed E-state index contributed by atoms with van der Waals surface area (Å²) in [6.45, 7) is 3.88. The number of piperazine rings is 1. The lowest BCUT2D eigenvalue weighted by molar-refractivity contribution is -0.113. The Bertz CT molecular complexity index is 430. The Kier molecular flexibility index (Phi) is 5.49. The molecule has 1 amide bonds. The predicted octanol–water partition coefficient (Wildman–Crippen LogP) is 0.742. The number of anilines is 1. The van der Waals surface area contributed by atoms with Crippen molar-refractivity contribution < 1.29 is 4.79 Å². The summed E-state index contributed by atoms with van der Waals surface area (Å²) in [5, 5.41) is 10.6. The molecule has 9 heteroatoms. The van der Waals surface area contributed by atoms with Gasteiger partial charge in [-0.25, -0.2) is 0 Å². The predicted molar refractivity (Wildman–Crippen MR) is 82.7 cm³/mol. The van der Waals surface area contributed by atoms with E-state index in [-0.39, 0.29) is 5.91 Å². The fourth-order valence-electron chi connectivity index (χ4n) is 1.59. The second kappa shape index (κ2) is 7.13. The van der Waals surface area contributed by atoms with E-state index in [9.17, 15) is 4.79 Å². The van der Waals surface area contributed by atoms with E-state index >= 15 is 0 Å². The third-order valence-electron chi connectivity index (χ3n) is 2.69. The summed E-state index contributed by atoms with van der Waals surface area (Å²) in [5.41, 5.74) is 1.58. The highest BCUT2D eigenvalue weighted by Crippen LogP contribution is 2.13. The highest BCUT2D eigenvalue weighted by atomic mass is 32.2. The molecule has 0 aliphatic carbocycles. The Labute approximate surface area is 125 Å². The fourth-order valence-corrected chi connectivity index (χ4v) is 3.10. The van der Waals surface area contributed by atoms with Crippen molar-refractivity contribution >= 4 is 50.7 Å². The summed E-state index contributed by atoms with van der Waals surface area (Å²) >= 11 is 8.04. The van der Waals surface area contributed by atoms with Crippen molar-refractivity contribution in [2.45, 2.75) is 0 Å². The van der Waals surface area contributed by atoms with Crippen LogP contribution in [0.1, 0.15) is 0 Å². The molecule has 1 aliphatic heterocycles. The summed E-state index contributed by atoms with van der Waals surface area (Å²) in [4.78, 5) is 16.1. The number of hydrogen-bond acceptors (Lipinski definition) is 7. The standard InChI is InChI=1S/C10H15N5OS3/c1-14-2-4-15(5-3-14)10(17)18-6-8(16)12-9-13-11-7-19-9/h7H,2-6H2,1H3,(H,12,13,16). The second-order valence-corrected chi connectivity index (χ2v) is 6.58. The number of nitrogens with one attached hydrogen (secondary N) is 1. The van der Waals surface area contributed by atoms with Gasteiger partial charge in [-0.1, -0.05) is 35.3 Å². The zero-order valence-corrected chi connectivity index (χ0v) is 13.0. The molecule has 6 nitrogen and oxygen atoms in total. The second-order valence-electron chi connectivity index (χ2n) is 4.14. The van der Waals surface area contributed by atoms with Crippen molar-refractivity contribution in [2.75, 3.05) is 44.3 Å². The van der Waals surface area contributed by atoms with E-state index in [4.69, 9.17) is 12.2 Å². The molecule has 1 aliphatic rings. The van der Waals surface area contributed by atoms with Gasteiger partial charge in [-0.15, -0.1) is 10.2 Å². The molecule has 19 heavy (non-hydrogen) atoms. The van der Waals surface area contributed by atoms with Gasteiger partial charge in [0.2, 0.25) is 11.0 Å². The van der Waals surface area contributed by atoms with E-state index in [1.807, 2.05) is 0 Å². The maximum Gasteiger partial charge on any atom is 0.236 e. The quantitative estimate of drug-likeness (QED) is 0.825. The molecule has 0 saturated carbocycles. The van der Waals surface area contributed by atoms with E-state index in [1.165, 1.54) is 23.1 Å². The SMILES string of the molecule is CN1CCN(C(=S)SCC(=O)Nc2nncs2)CC1. The number of hydrogen-bond donors (Lipinski definition) is 1. The molecule has 0 unspecified atom stereocenters. The topological polar surface area (TPSA) is 61.4 Å². The molecule has 1 saturated heterocycles. The lowest BCUT2D eigenvalue weighted by Gasteiger charge is -2.33. The average Bonchev–Trinajstić information content (AvgIpc) is 2.89. The van der Waals surface area contributed by atoms with Crippen LogP contribution in [0.3, 0.4) is 0 Å². The number of nitrogens with zero attached hydrogens (tertiary/aromatic N) is 4. The van der Waals surface area contributed by atoms with Crippen LogP contribution in [-0.2, 0) is 4.79 Å². The minimum Gasteiger partial charge on any atom is -0.355 e. The highest BCUT2D eigenvalue weighted by Gasteiger charge is 2.17. The molecule has 0 bridgehead atoms. The third-order valence-corrected chi connectivity index (χ3v) is 4.82. The number of thiocarbonyl (C=S) groups is 1. The molecule has 104 valence electrons. The minimum absolute atomic E-state index is 0.0989. The van der Waals surface area contributed by atoms with Gasteiger partial charge < -0.3 is 9.80 Å². The number of likely N-dealkylation sites (N-methyl/N-ethyl adjacent to an activating group) is 1. The first-order chi connectivity index (χ1) is 9.15. The average molecular weight is 317 g/mol. The number of carbonyl (C=O) groups is 1. The molecule has 1 aromatic heterocycles. The molecule has 1 aromatic rings. The van der Waals surface area contributed by atoms with E-state index in [2.05, 4.69) is 32.4 Å². The summed E-state index contributed by atoms with van der Waals surface area (Å²) in [6, 6.07) is 0. The summed E-state index contributed by atoms with van der Waals surface area (Å²) in [6.07, 6.45) is 0. The first-order valence-electron chi connectivity index (χ1n) is 5.81. The number of carbonyl (C=O) groups excluding carboxylic acids is 1. The number of amides is 1. The molecule has 1 N–H and O–H groups in total. The van der Waals surface area contributed by atoms with Gasteiger partial charge in [0.25, 0.3) is 0 Å². The van der Waals surface area contributed by atoms with Crippen LogP contribution < -0.4 is 5.32 Å². The molecule has 1 fully saturated rings. The lowest BCUT2D eigenvalue weighted by atomic mass is 10.4. The minimum atomic E-state index is -0.0989. The van der Waals surface area contributed by atoms with Crippen LogP contribution in [0.4, 0.5) is 5.13 Å². The Morgan fingerprint density at radius 2 is 2.26 bits per heavy atom. The monoisotopic (exact) mass is 317 g/mol. The van der Waals surface area contributed by atoms with Crippen molar-refractivity contribution in [3.05, 3.63) is 5.51 Å². The summed E-state index contributed by atoms with van der Waals surface area (Å²) in [5.74, 6) is 0.211. The molecule has 0 radical (unpaired) electrons. The Morgan fingerprint density at radius 1 is 1.53 bits per heavy atom. The normalized spacial score (nSPS) is 16.4. The molecule has 0 spiro atoms. The zero-order chi connectivity index (χ0) is 13.7. The van der Waals surface area contributed by atoms with Crippen LogP contribution in [-0.4, -0.2) is 69.2 Å². The maximum atomic E-state index is 11.7. The molecule has 2 rings (SSSR count). The largest absolute Gasteiger partial charge is 0.355 e. The van der Waals surface area contributed by atoms with Gasteiger partial charge in [0.1, 0.15) is 9.83 Å². The van der Waals surface area contributed by atoms with Crippen LogP contribution >= 0.6 is 35.3 Å². The Hall–Kier alpha value is -0.770. The fraction of sp³-hybridized carbons (Fsp3) is 0.600. The Morgan fingerprint density at radius 3 is 2.89 bits per heavy atom. The molecule has 0 atom stereocenters. The first kappa shape index (κ1) is 14.6. The van der Waals surface area contributed by atoms with Gasteiger partial charge >= 0.3 is 0 Å². The number of thioether (sulfide) groups is 1. The van der Waals surface area contributed by atoms with Gasteiger partial charge in [-0.3, -0.25) is 10.1 Å². The van der Waals surface area contributed by atoms with Gasteiger partial charge in [-0.2, -0.15) is 0 Å². The van der Waals surface area contributed by atoms with Gasteiger partial charge in [0.05, 0.1) is 5.75 Å². The van der Waals surface area contributed by atoms with E-state index < -0.39 is 0 Å². The number of aromatic nitrogens is 2. The highest BCUT2D eigenvalue weighted by molar-refractivity contribution is 8.23.